The van der Waals surface area contributed by atoms with Gasteiger partial charge in [0.05, 0.1) is 17.7 Å². The molecule has 1 aromatic rings. The highest BCUT2D eigenvalue weighted by Gasteiger charge is 2.28. The van der Waals surface area contributed by atoms with Crippen molar-refractivity contribution < 1.29 is 31.6 Å². The standard InChI is InChI=1S/C14H16F2N2O5S/c15-14(16)23-12-4-2-1-3-10(12)7-17-22-8-13(19)18-11-5-6-24(20,21)9-11/h1-4,7,11,14H,5-6,8-9H2,(H,18,19)/b17-7+. The van der Waals surface area contributed by atoms with Crippen molar-refractivity contribution in [1.82, 2.24) is 5.32 Å². The van der Waals surface area contributed by atoms with Crippen molar-refractivity contribution in [3.63, 3.8) is 0 Å². The fraction of sp³-hybridized carbons (Fsp3) is 0.429. The van der Waals surface area contributed by atoms with E-state index in [-0.39, 0.29) is 22.8 Å². The third-order valence-electron chi connectivity index (χ3n) is 3.19. The summed E-state index contributed by atoms with van der Waals surface area (Å²) in [4.78, 5) is 16.4. The number of carbonyl (C=O) groups excluding carboxylic acids is 1. The van der Waals surface area contributed by atoms with Crippen molar-refractivity contribution in [2.75, 3.05) is 18.1 Å². The van der Waals surface area contributed by atoms with Gasteiger partial charge in [0.25, 0.3) is 5.91 Å². The first-order valence-corrected chi connectivity index (χ1v) is 8.87. The van der Waals surface area contributed by atoms with E-state index in [1.807, 2.05) is 0 Å². The van der Waals surface area contributed by atoms with E-state index in [0.717, 1.165) is 6.21 Å². The Labute approximate surface area is 137 Å². The quantitative estimate of drug-likeness (QED) is 0.576. The fourth-order valence-corrected chi connectivity index (χ4v) is 3.83. The lowest BCUT2D eigenvalue weighted by molar-refractivity contribution is -0.126. The molecule has 132 valence electrons. The van der Waals surface area contributed by atoms with Gasteiger partial charge in [0.1, 0.15) is 5.75 Å². The summed E-state index contributed by atoms with van der Waals surface area (Å²) in [5.74, 6) is -0.607. The van der Waals surface area contributed by atoms with Gasteiger partial charge in [-0.2, -0.15) is 8.78 Å². The Balaban J connectivity index is 1.79. The van der Waals surface area contributed by atoms with Crippen LogP contribution in [0.5, 0.6) is 5.75 Å². The maximum atomic E-state index is 12.2. The summed E-state index contributed by atoms with van der Waals surface area (Å²) in [5, 5.41) is 6.05. The number of sulfone groups is 1. The number of alkyl halides is 2. The average molecular weight is 362 g/mol. The number of nitrogens with zero attached hydrogens (tertiary/aromatic N) is 1. The maximum Gasteiger partial charge on any atom is 0.387 e. The highest BCUT2D eigenvalue weighted by Crippen LogP contribution is 2.18. The number of para-hydroxylation sites is 1. The molecule has 1 aliphatic heterocycles. The van der Waals surface area contributed by atoms with Crippen LogP contribution in [0.2, 0.25) is 0 Å². The molecular formula is C14H16F2N2O5S. The third kappa shape index (κ3) is 5.76. The lowest BCUT2D eigenvalue weighted by Crippen LogP contribution is -2.37. The van der Waals surface area contributed by atoms with Crippen molar-refractivity contribution in [1.29, 1.82) is 0 Å². The van der Waals surface area contributed by atoms with Crippen LogP contribution in [0.3, 0.4) is 0 Å². The first-order chi connectivity index (χ1) is 11.4. The zero-order valence-electron chi connectivity index (χ0n) is 12.5. The Morgan fingerprint density at radius 1 is 1.42 bits per heavy atom. The number of rotatable bonds is 7. The summed E-state index contributed by atoms with van der Waals surface area (Å²) >= 11 is 0. The molecule has 0 aromatic heterocycles. The number of ether oxygens (including phenoxy) is 1. The summed E-state index contributed by atoms with van der Waals surface area (Å²) in [5.41, 5.74) is 0.264. The number of halogens is 2. The second kappa shape index (κ2) is 8.04. The van der Waals surface area contributed by atoms with Gasteiger partial charge in [0, 0.05) is 11.6 Å². The van der Waals surface area contributed by atoms with Gasteiger partial charge < -0.3 is 14.9 Å². The second-order valence-corrected chi connectivity index (χ2v) is 7.32. The van der Waals surface area contributed by atoms with Crippen LogP contribution in [0, 0.1) is 0 Å². The van der Waals surface area contributed by atoms with Crippen LogP contribution in [-0.2, 0) is 19.5 Å². The van der Waals surface area contributed by atoms with Crippen LogP contribution < -0.4 is 10.1 Å². The summed E-state index contributed by atoms with van der Waals surface area (Å²) in [7, 11) is -3.08. The Morgan fingerprint density at radius 3 is 2.83 bits per heavy atom. The number of benzene rings is 1. The van der Waals surface area contributed by atoms with Gasteiger partial charge in [0.15, 0.2) is 16.4 Å². The third-order valence-corrected chi connectivity index (χ3v) is 4.96. The Bertz CT molecular complexity index is 709. The maximum absolute atomic E-state index is 12.2. The smallest absolute Gasteiger partial charge is 0.387 e. The molecule has 0 radical (unpaired) electrons. The molecule has 0 aliphatic carbocycles. The van der Waals surface area contributed by atoms with E-state index in [1.54, 1.807) is 6.07 Å². The Hall–Kier alpha value is -2.23. The summed E-state index contributed by atoms with van der Waals surface area (Å²) in [6, 6.07) is 5.55. The SMILES string of the molecule is O=C(CO/N=C/c1ccccc1OC(F)F)NC1CCS(=O)(=O)C1. The predicted octanol–water partition coefficient (Wildman–Crippen LogP) is 0.942. The first-order valence-electron chi connectivity index (χ1n) is 7.05. The zero-order valence-corrected chi connectivity index (χ0v) is 13.3. The van der Waals surface area contributed by atoms with Gasteiger partial charge in [-0.05, 0) is 18.6 Å². The summed E-state index contributed by atoms with van der Waals surface area (Å²) in [6.07, 6.45) is 1.51. The molecule has 2 rings (SSSR count). The van der Waals surface area contributed by atoms with Gasteiger partial charge >= 0.3 is 6.61 Å². The molecular weight excluding hydrogens is 346 g/mol. The molecule has 0 saturated carbocycles. The molecule has 1 heterocycles. The van der Waals surface area contributed by atoms with Gasteiger partial charge in [-0.15, -0.1) is 0 Å². The van der Waals surface area contributed by atoms with E-state index in [4.69, 9.17) is 4.84 Å². The van der Waals surface area contributed by atoms with Crippen LogP contribution in [0.15, 0.2) is 29.4 Å². The van der Waals surface area contributed by atoms with E-state index in [1.165, 1.54) is 18.2 Å². The Morgan fingerprint density at radius 2 is 2.17 bits per heavy atom. The molecule has 10 heteroatoms. The van der Waals surface area contributed by atoms with Crippen molar-refractivity contribution in [2.45, 2.75) is 19.1 Å². The molecule has 1 aromatic carbocycles. The van der Waals surface area contributed by atoms with E-state index in [2.05, 4.69) is 15.2 Å². The molecule has 1 saturated heterocycles. The number of oxime groups is 1. The molecule has 1 N–H and O–H groups in total. The van der Waals surface area contributed by atoms with Crippen molar-refractivity contribution in [2.24, 2.45) is 5.16 Å². The van der Waals surface area contributed by atoms with Crippen molar-refractivity contribution in [3.8, 4) is 5.75 Å². The van der Waals surface area contributed by atoms with Gasteiger partial charge in [-0.1, -0.05) is 17.3 Å². The summed E-state index contributed by atoms with van der Waals surface area (Å²) < 4.78 is 51.4. The minimum absolute atomic E-state index is 0.0534. The summed E-state index contributed by atoms with van der Waals surface area (Å²) in [6.45, 7) is -3.38. The molecule has 0 spiro atoms. The fourth-order valence-electron chi connectivity index (χ4n) is 2.16. The average Bonchev–Trinajstić information content (AvgIpc) is 2.83. The van der Waals surface area contributed by atoms with Crippen LogP contribution in [-0.4, -0.2) is 51.3 Å². The Kier molecular flexibility index (Phi) is 6.07. The monoisotopic (exact) mass is 362 g/mol. The molecule has 1 fully saturated rings. The number of carbonyl (C=O) groups is 1. The highest BCUT2D eigenvalue weighted by atomic mass is 32.2. The van der Waals surface area contributed by atoms with E-state index in [0.29, 0.717) is 6.42 Å². The highest BCUT2D eigenvalue weighted by molar-refractivity contribution is 7.91. The number of nitrogens with one attached hydrogen (secondary N) is 1. The van der Waals surface area contributed by atoms with Crippen molar-refractivity contribution >= 4 is 22.0 Å². The first kappa shape index (κ1) is 18.1. The van der Waals surface area contributed by atoms with Gasteiger partial charge in [-0.25, -0.2) is 8.42 Å². The molecule has 7 nitrogen and oxygen atoms in total. The van der Waals surface area contributed by atoms with Crippen LogP contribution in [0.1, 0.15) is 12.0 Å². The lowest BCUT2D eigenvalue weighted by Gasteiger charge is -2.09. The predicted molar refractivity (Wildman–Crippen MR) is 81.8 cm³/mol. The molecule has 1 amide bonds. The number of hydrogen-bond donors (Lipinski definition) is 1. The largest absolute Gasteiger partial charge is 0.434 e. The molecule has 1 aliphatic rings. The minimum Gasteiger partial charge on any atom is -0.434 e. The zero-order chi connectivity index (χ0) is 17.6. The topological polar surface area (TPSA) is 94.1 Å². The molecule has 1 atom stereocenters. The lowest BCUT2D eigenvalue weighted by atomic mass is 10.2. The number of hydrogen-bond acceptors (Lipinski definition) is 6. The van der Waals surface area contributed by atoms with Crippen LogP contribution in [0.4, 0.5) is 8.78 Å². The minimum atomic E-state index is -3.08. The normalized spacial score (nSPS) is 19.5. The number of amides is 1. The van der Waals surface area contributed by atoms with Gasteiger partial charge in [0.2, 0.25) is 0 Å². The van der Waals surface area contributed by atoms with E-state index < -0.39 is 35.0 Å². The van der Waals surface area contributed by atoms with Crippen molar-refractivity contribution in [3.05, 3.63) is 29.8 Å². The second-order valence-electron chi connectivity index (χ2n) is 5.09. The van der Waals surface area contributed by atoms with Gasteiger partial charge in [-0.3, -0.25) is 4.79 Å². The molecule has 1 unspecified atom stereocenters. The van der Waals surface area contributed by atoms with Crippen LogP contribution in [0.25, 0.3) is 0 Å². The van der Waals surface area contributed by atoms with E-state index in [9.17, 15) is 22.0 Å². The molecule has 24 heavy (non-hydrogen) atoms. The van der Waals surface area contributed by atoms with E-state index >= 15 is 0 Å². The molecule has 0 bridgehead atoms. The van der Waals surface area contributed by atoms with Crippen LogP contribution >= 0.6 is 0 Å².